The number of hydrogen-bond donors (Lipinski definition) is 0. The van der Waals surface area contributed by atoms with Crippen LogP contribution in [0.4, 0.5) is 0 Å². The van der Waals surface area contributed by atoms with Crippen LogP contribution >= 0.6 is 11.3 Å². The number of nitrogens with zero attached hydrogens (tertiary/aromatic N) is 2. The predicted molar refractivity (Wildman–Crippen MR) is 65.4 cm³/mol. The van der Waals surface area contributed by atoms with Crippen molar-refractivity contribution in [2.75, 3.05) is 7.11 Å². The van der Waals surface area contributed by atoms with Crippen molar-refractivity contribution in [1.82, 2.24) is 4.57 Å². The lowest BCUT2D eigenvalue weighted by Gasteiger charge is -2.06. The molecule has 0 radical (unpaired) electrons. The number of thiazole rings is 1. The molecule has 1 heterocycles. The van der Waals surface area contributed by atoms with Crippen molar-refractivity contribution >= 4 is 11.3 Å². The maximum Gasteiger partial charge on any atom is 0.307 e. The van der Waals surface area contributed by atoms with Crippen LogP contribution in [-0.2, 0) is 6.54 Å². The topological polar surface area (TPSA) is 55.0 Å². The van der Waals surface area contributed by atoms with Crippen LogP contribution in [0.1, 0.15) is 11.1 Å². The van der Waals surface area contributed by atoms with Gasteiger partial charge in [-0.15, -0.1) is 0 Å². The Labute approximate surface area is 102 Å². The van der Waals surface area contributed by atoms with Crippen molar-refractivity contribution in [3.05, 3.63) is 50.6 Å². The van der Waals surface area contributed by atoms with Gasteiger partial charge in [-0.1, -0.05) is 17.4 Å². The highest BCUT2D eigenvalue weighted by atomic mass is 32.1. The van der Waals surface area contributed by atoms with Gasteiger partial charge in [0.2, 0.25) is 0 Å². The van der Waals surface area contributed by atoms with E-state index >= 15 is 0 Å². The molecular weight excluding hydrogens is 236 g/mol. The van der Waals surface area contributed by atoms with Crippen LogP contribution in [-0.4, -0.2) is 11.7 Å². The van der Waals surface area contributed by atoms with Gasteiger partial charge >= 0.3 is 4.87 Å². The van der Waals surface area contributed by atoms with Crippen molar-refractivity contribution in [3.63, 3.8) is 0 Å². The molecule has 0 unspecified atom stereocenters. The normalized spacial score (nSPS) is 9.88. The van der Waals surface area contributed by atoms with Crippen LogP contribution < -0.4 is 9.61 Å². The summed E-state index contributed by atoms with van der Waals surface area (Å²) in [5.41, 5.74) is 1.39. The molecule has 17 heavy (non-hydrogen) atoms. The second kappa shape index (κ2) is 4.85. The van der Waals surface area contributed by atoms with Crippen LogP contribution in [0, 0.1) is 11.3 Å². The van der Waals surface area contributed by atoms with E-state index in [1.165, 1.54) is 7.11 Å². The lowest BCUT2D eigenvalue weighted by molar-refractivity contribution is 0.413. The molecule has 0 saturated carbocycles. The van der Waals surface area contributed by atoms with Crippen molar-refractivity contribution in [2.45, 2.75) is 6.54 Å². The standard InChI is InChI=1S/C12H10N2O2S/c1-16-11-3-2-9(6-10(11)7-13)8-14-4-5-17-12(14)15/h2-6H,8H2,1H3. The molecule has 0 fully saturated rings. The summed E-state index contributed by atoms with van der Waals surface area (Å²) in [6.07, 6.45) is 1.74. The van der Waals surface area contributed by atoms with E-state index in [1.54, 1.807) is 28.3 Å². The van der Waals surface area contributed by atoms with Crippen molar-refractivity contribution in [3.8, 4) is 11.8 Å². The van der Waals surface area contributed by atoms with E-state index in [1.807, 2.05) is 6.07 Å². The summed E-state index contributed by atoms with van der Waals surface area (Å²) in [5.74, 6) is 0.550. The SMILES string of the molecule is COc1ccc(Cn2ccsc2=O)cc1C#N. The quantitative estimate of drug-likeness (QED) is 0.830. The average Bonchev–Trinajstić information content (AvgIpc) is 2.75. The monoisotopic (exact) mass is 246 g/mol. The van der Waals surface area contributed by atoms with Gasteiger partial charge in [-0.05, 0) is 17.7 Å². The minimum Gasteiger partial charge on any atom is -0.495 e. The smallest absolute Gasteiger partial charge is 0.307 e. The van der Waals surface area contributed by atoms with Gasteiger partial charge in [-0.2, -0.15) is 5.26 Å². The zero-order chi connectivity index (χ0) is 12.3. The molecule has 4 nitrogen and oxygen atoms in total. The van der Waals surface area contributed by atoms with Crippen LogP contribution in [0.15, 0.2) is 34.6 Å². The first-order valence-electron chi connectivity index (χ1n) is 4.95. The van der Waals surface area contributed by atoms with E-state index in [4.69, 9.17) is 10.00 Å². The molecule has 2 rings (SSSR count). The van der Waals surface area contributed by atoms with Gasteiger partial charge in [0.15, 0.2) is 0 Å². The Morgan fingerprint density at radius 1 is 1.53 bits per heavy atom. The maximum atomic E-state index is 11.4. The molecule has 0 amide bonds. The Morgan fingerprint density at radius 3 is 2.94 bits per heavy atom. The van der Waals surface area contributed by atoms with Crippen molar-refractivity contribution in [1.29, 1.82) is 5.26 Å². The average molecular weight is 246 g/mol. The summed E-state index contributed by atoms with van der Waals surface area (Å²) < 4.78 is 6.67. The summed E-state index contributed by atoms with van der Waals surface area (Å²) in [5, 5.41) is 10.7. The fraction of sp³-hybridized carbons (Fsp3) is 0.167. The third kappa shape index (κ3) is 2.37. The molecule has 0 aliphatic heterocycles. The van der Waals surface area contributed by atoms with Crippen LogP contribution in [0.25, 0.3) is 0 Å². The van der Waals surface area contributed by atoms with Gasteiger partial charge in [0.25, 0.3) is 0 Å². The fourth-order valence-electron chi connectivity index (χ4n) is 1.55. The molecule has 1 aromatic heterocycles. The zero-order valence-corrected chi connectivity index (χ0v) is 10.0. The van der Waals surface area contributed by atoms with E-state index in [0.717, 1.165) is 16.9 Å². The summed E-state index contributed by atoms with van der Waals surface area (Å²) >= 11 is 1.16. The van der Waals surface area contributed by atoms with Gasteiger partial charge in [0.1, 0.15) is 11.8 Å². The first-order valence-corrected chi connectivity index (χ1v) is 5.83. The minimum atomic E-state index is -0.000624. The Bertz CT molecular complexity index is 622. The van der Waals surface area contributed by atoms with Gasteiger partial charge in [-0.3, -0.25) is 4.79 Å². The minimum absolute atomic E-state index is 0.000624. The molecule has 86 valence electrons. The Balaban J connectivity index is 2.32. The molecular formula is C12H10N2O2S. The van der Waals surface area contributed by atoms with Crippen molar-refractivity contribution in [2.24, 2.45) is 0 Å². The molecule has 0 atom stereocenters. The third-order valence-electron chi connectivity index (χ3n) is 2.38. The second-order valence-corrected chi connectivity index (χ2v) is 4.30. The largest absolute Gasteiger partial charge is 0.495 e. The van der Waals surface area contributed by atoms with Crippen LogP contribution in [0.3, 0.4) is 0 Å². The van der Waals surface area contributed by atoms with Gasteiger partial charge < -0.3 is 9.30 Å². The summed E-state index contributed by atoms with van der Waals surface area (Å²) in [6.45, 7) is 0.473. The first-order chi connectivity index (χ1) is 8.24. The van der Waals surface area contributed by atoms with E-state index < -0.39 is 0 Å². The van der Waals surface area contributed by atoms with E-state index in [9.17, 15) is 4.79 Å². The lowest BCUT2D eigenvalue weighted by Crippen LogP contribution is -2.12. The third-order valence-corrected chi connectivity index (χ3v) is 3.08. The highest BCUT2D eigenvalue weighted by Gasteiger charge is 2.05. The van der Waals surface area contributed by atoms with Gasteiger partial charge in [0, 0.05) is 11.6 Å². The molecule has 0 N–H and O–H groups in total. The molecule has 5 heteroatoms. The Hall–Kier alpha value is -2.06. The molecule has 0 aliphatic rings. The molecule has 0 bridgehead atoms. The molecule has 2 aromatic rings. The van der Waals surface area contributed by atoms with E-state index in [-0.39, 0.29) is 4.87 Å². The lowest BCUT2D eigenvalue weighted by atomic mass is 10.1. The maximum absolute atomic E-state index is 11.4. The number of aromatic nitrogens is 1. The van der Waals surface area contributed by atoms with Crippen LogP contribution in [0.2, 0.25) is 0 Å². The second-order valence-electron chi connectivity index (χ2n) is 3.44. The molecule has 0 aliphatic carbocycles. The zero-order valence-electron chi connectivity index (χ0n) is 9.21. The van der Waals surface area contributed by atoms with Crippen molar-refractivity contribution < 1.29 is 4.74 Å². The number of nitriles is 1. The van der Waals surface area contributed by atoms with E-state index in [0.29, 0.717) is 17.9 Å². The number of hydrogen-bond acceptors (Lipinski definition) is 4. The molecule has 1 aromatic carbocycles. The summed E-state index contributed by atoms with van der Waals surface area (Å²) in [7, 11) is 1.53. The van der Waals surface area contributed by atoms with E-state index in [2.05, 4.69) is 6.07 Å². The van der Waals surface area contributed by atoms with Crippen LogP contribution in [0.5, 0.6) is 5.75 Å². The summed E-state index contributed by atoms with van der Waals surface area (Å²) in [6, 6.07) is 7.40. The Kier molecular flexibility index (Phi) is 3.26. The fourth-order valence-corrected chi connectivity index (χ4v) is 2.13. The Morgan fingerprint density at radius 2 is 2.35 bits per heavy atom. The first kappa shape index (κ1) is 11.4. The number of methoxy groups -OCH3 is 1. The molecule has 0 saturated heterocycles. The predicted octanol–water partition coefficient (Wildman–Crippen LogP) is 1.84. The summed E-state index contributed by atoms with van der Waals surface area (Å²) in [4.78, 5) is 11.4. The number of benzene rings is 1. The van der Waals surface area contributed by atoms with Gasteiger partial charge in [0.05, 0.1) is 19.2 Å². The highest BCUT2D eigenvalue weighted by molar-refractivity contribution is 7.07. The number of rotatable bonds is 3. The molecule has 0 spiro atoms. The number of ether oxygens (including phenoxy) is 1. The van der Waals surface area contributed by atoms with Gasteiger partial charge in [-0.25, -0.2) is 0 Å². The highest BCUT2D eigenvalue weighted by Crippen LogP contribution is 2.19.